The van der Waals surface area contributed by atoms with E-state index in [1.54, 1.807) is 0 Å². The van der Waals surface area contributed by atoms with Crippen LogP contribution in [0, 0.1) is 0 Å². The molecule has 4 heteroatoms. The molecule has 1 aromatic rings. The highest BCUT2D eigenvalue weighted by atomic mass is 32.1. The molecule has 2 rings (SSSR count). The van der Waals surface area contributed by atoms with Gasteiger partial charge in [-0.15, -0.1) is 11.3 Å². The minimum absolute atomic E-state index is 0.222. The predicted molar refractivity (Wildman–Crippen MR) is 73.3 cm³/mol. The van der Waals surface area contributed by atoms with Crippen LogP contribution in [0.15, 0.2) is 6.20 Å². The van der Waals surface area contributed by atoms with E-state index in [1.165, 1.54) is 9.88 Å². The Morgan fingerprint density at radius 2 is 2.06 bits per heavy atom. The maximum atomic E-state index is 5.91. The molecule has 0 amide bonds. The van der Waals surface area contributed by atoms with Crippen molar-refractivity contribution < 1.29 is 0 Å². The largest absolute Gasteiger partial charge is 0.328 e. The second-order valence-corrected chi connectivity index (χ2v) is 7.10. The number of nitrogens with zero attached hydrogens (tertiary/aromatic N) is 2. The average molecular weight is 253 g/mol. The Kier molecular flexibility index (Phi) is 3.85. The van der Waals surface area contributed by atoms with Crippen molar-refractivity contribution in [2.45, 2.75) is 51.6 Å². The predicted octanol–water partition coefficient (Wildman–Crippen LogP) is 2.36. The molecule has 1 aliphatic rings. The summed E-state index contributed by atoms with van der Waals surface area (Å²) in [6.07, 6.45) is 4.28. The van der Waals surface area contributed by atoms with Gasteiger partial charge in [0.15, 0.2) is 0 Å². The summed E-state index contributed by atoms with van der Waals surface area (Å²) in [5.41, 5.74) is 6.13. The van der Waals surface area contributed by atoms with Crippen LogP contribution >= 0.6 is 11.3 Å². The molecule has 0 saturated carbocycles. The van der Waals surface area contributed by atoms with E-state index in [1.807, 2.05) is 17.5 Å². The normalized spacial score (nSPS) is 19.8. The zero-order chi connectivity index (χ0) is 12.5. The van der Waals surface area contributed by atoms with Crippen molar-refractivity contribution in [2.24, 2.45) is 5.73 Å². The Morgan fingerprint density at radius 1 is 1.41 bits per heavy atom. The maximum absolute atomic E-state index is 5.91. The van der Waals surface area contributed by atoms with E-state index in [9.17, 15) is 0 Å². The molecular formula is C13H23N3S. The van der Waals surface area contributed by atoms with E-state index in [0.717, 1.165) is 32.5 Å². The molecule has 0 aliphatic carbocycles. The van der Waals surface area contributed by atoms with Crippen LogP contribution in [0.3, 0.4) is 0 Å². The van der Waals surface area contributed by atoms with Gasteiger partial charge in [0.05, 0.1) is 6.54 Å². The molecule has 0 aromatic carbocycles. The summed E-state index contributed by atoms with van der Waals surface area (Å²) in [5, 5.41) is 1.24. The summed E-state index contributed by atoms with van der Waals surface area (Å²) >= 11 is 1.85. The zero-order valence-electron chi connectivity index (χ0n) is 11.1. The molecule has 1 fully saturated rings. The van der Waals surface area contributed by atoms with Gasteiger partial charge in [-0.05, 0) is 18.3 Å². The van der Waals surface area contributed by atoms with Crippen LogP contribution < -0.4 is 5.73 Å². The molecule has 2 heterocycles. The Morgan fingerprint density at radius 3 is 2.59 bits per heavy atom. The molecule has 0 atom stereocenters. The van der Waals surface area contributed by atoms with Crippen LogP contribution in [0.25, 0.3) is 0 Å². The molecule has 1 aromatic heterocycles. The first-order chi connectivity index (χ1) is 7.95. The van der Waals surface area contributed by atoms with Gasteiger partial charge < -0.3 is 5.73 Å². The minimum atomic E-state index is 0.222. The number of rotatable bonds is 2. The first-order valence-corrected chi connectivity index (χ1v) is 7.20. The highest BCUT2D eigenvalue weighted by Crippen LogP contribution is 2.28. The fourth-order valence-corrected chi connectivity index (χ4v) is 3.05. The van der Waals surface area contributed by atoms with E-state index in [2.05, 4.69) is 30.7 Å². The number of hydrogen-bond acceptors (Lipinski definition) is 4. The summed E-state index contributed by atoms with van der Waals surface area (Å²) in [5.74, 6) is 0. The number of thiazole rings is 1. The monoisotopic (exact) mass is 253 g/mol. The second kappa shape index (κ2) is 5.04. The van der Waals surface area contributed by atoms with E-state index in [-0.39, 0.29) is 5.41 Å². The standard InChI is InChI=1S/C13H23N3S/c1-13(2,3)11-8-15-12(17-11)9-16-6-4-10(14)5-7-16/h8,10H,4-7,9,14H2,1-3H3. The van der Waals surface area contributed by atoms with Gasteiger partial charge in [0, 0.05) is 30.2 Å². The molecule has 1 saturated heterocycles. The molecule has 0 radical (unpaired) electrons. The third-order valence-corrected chi connectivity index (χ3v) is 4.69. The van der Waals surface area contributed by atoms with Crippen molar-refractivity contribution in [1.82, 2.24) is 9.88 Å². The van der Waals surface area contributed by atoms with E-state index in [4.69, 9.17) is 5.73 Å². The highest BCUT2D eigenvalue weighted by Gasteiger charge is 2.20. The molecular weight excluding hydrogens is 230 g/mol. The van der Waals surface area contributed by atoms with Crippen LogP contribution in [0.2, 0.25) is 0 Å². The molecule has 17 heavy (non-hydrogen) atoms. The first kappa shape index (κ1) is 13.0. The van der Waals surface area contributed by atoms with Gasteiger partial charge in [0.2, 0.25) is 0 Å². The van der Waals surface area contributed by atoms with Crippen molar-refractivity contribution in [3.8, 4) is 0 Å². The van der Waals surface area contributed by atoms with Crippen molar-refractivity contribution in [2.75, 3.05) is 13.1 Å². The van der Waals surface area contributed by atoms with Crippen molar-refractivity contribution in [3.05, 3.63) is 16.1 Å². The van der Waals surface area contributed by atoms with Crippen molar-refractivity contribution in [1.29, 1.82) is 0 Å². The van der Waals surface area contributed by atoms with Gasteiger partial charge in [-0.2, -0.15) is 0 Å². The summed E-state index contributed by atoms with van der Waals surface area (Å²) in [6.45, 7) is 9.95. The molecule has 2 N–H and O–H groups in total. The molecule has 0 bridgehead atoms. The zero-order valence-corrected chi connectivity index (χ0v) is 11.9. The molecule has 1 aliphatic heterocycles. The lowest BCUT2D eigenvalue weighted by Gasteiger charge is -2.29. The summed E-state index contributed by atoms with van der Waals surface area (Å²) in [4.78, 5) is 8.38. The van der Waals surface area contributed by atoms with Gasteiger partial charge in [0.25, 0.3) is 0 Å². The van der Waals surface area contributed by atoms with Crippen LogP contribution in [-0.4, -0.2) is 29.0 Å². The van der Waals surface area contributed by atoms with Crippen molar-refractivity contribution >= 4 is 11.3 Å². The van der Waals surface area contributed by atoms with Crippen LogP contribution in [0.1, 0.15) is 43.5 Å². The lowest BCUT2D eigenvalue weighted by molar-refractivity contribution is 0.205. The first-order valence-electron chi connectivity index (χ1n) is 6.38. The van der Waals surface area contributed by atoms with Gasteiger partial charge in [-0.3, -0.25) is 4.90 Å². The van der Waals surface area contributed by atoms with Gasteiger partial charge >= 0.3 is 0 Å². The number of nitrogens with two attached hydrogens (primary N) is 1. The van der Waals surface area contributed by atoms with Gasteiger partial charge in [0.1, 0.15) is 5.01 Å². The summed E-state index contributed by atoms with van der Waals surface area (Å²) in [7, 11) is 0. The molecule has 96 valence electrons. The average Bonchev–Trinajstić information content (AvgIpc) is 2.69. The molecule has 0 spiro atoms. The summed E-state index contributed by atoms with van der Waals surface area (Å²) < 4.78 is 0. The van der Waals surface area contributed by atoms with Crippen LogP contribution in [-0.2, 0) is 12.0 Å². The minimum Gasteiger partial charge on any atom is -0.328 e. The van der Waals surface area contributed by atoms with Gasteiger partial charge in [-0.25, -0.2) is 4.98 Å². The van der Waals surface area contributed by atoms with E-state index >= 15 is 0 Å². The van der Waals surface area contributed by atoms with E-state index < -0.39 is 0 Å². The van der Waals surface area contributed by atoms with Crippen molar-refractivity contribution in [3.63, 3.8) is 0 Å². The lowest BCUT2D eigenvalue weighted by Crippen LogP contribution is -2.39. The second-order valence-electron chi connectivity index (χ2n) is 5.98. The summed E-state index contributed by atoms with van der Waals surface area (Å²) in [6, 6.07) is 0.410. The quantitative estimate of drug-likeness (QED) is 0.880. The molecule has 0 unspecified atom stereocenters. The number of piperidine rings is 1. The van der Waals surface area contributed by atoms with Gasteiger partial charge in [-0.1, -0.05) is 20.8 Å². The smallest absolute Gasteiger partial charge is 0.107 e. The Balaban J connectivity index is 1.93. The third kappa shape index (κ3) is 3.50. The Hall–Kier alpha value is -0.450. The van der Waals surface area contributed by atoms with Crippen LogP contribution in [0.5, 0.6) is 0 Å². The SMILES string of the molecule is CC(C)(C)c1cnc(CN2CCC(N)CC2)s1. The van der Waals surface area contributed by atoms with E-state index in [0.29, 0.717) is 6.04 Å². The fraction of sp³-hybridized carbons (Fsp3) is 0.769. The Bertz CT molecular complexity index is 359. The maximum Gasteiger partial charge on any atom is 0.107 e. The topological polar surface area (TPSA) is 42.2 Å². The molecule has 3 nitrogen and oxygen atoms in total. The third-order valence-electron chi connectivity index (χ3n) is 3.28. The number of aromatic nitrogens is 1. The Labute approximate surface area is 108 Å². The fourth-order valence-electron chi connectivity index (χ4n) is 2.03. The number of hydrogen-bond donors (Lipinski definition) is 1. The lowest BCUT2D eigenvalue weighted by atomic mass is 9.96. The number of likely N-dealkylation sites (tertiary alicyclic amines) is 1. The highest BCUT2D eigenvalue weighted by molar-refractivity contribution is 7.11. The van der Waals surface area contributed by atoms with Crippen LogP contribution in [0.4, 0.5) is 0 Å².